The number of nitrogens with two attached hydrogens (primary N) is 1. The minimum atomic E-state index is -3.85. The van der Waals surface area contributed by atoms with E-state index in [2.05, 4.69) is 9.88 Å². The maximum absolute atomic E-state index is 11.9. The first-order chi connectivity index (χ1) is 8.52. The first-order valence-corrected chi connectivity index (χ1v) is 9.40. The lowest BCUT2D eigenvalue weighted by atomic mass is 9.93. The number of nitrogens with zero attached hydrogens (tertiary/aromatic N) is 1. The minimum Gasteiger partial charge on any atom is -0.409 e. The molecular weight excluding hydrogens is 294 g/mol. The zero-order chi connectivity index (χ0) is 15.3. The van der Waals surface area contributed by atoms with Crippen LogP contribution in [0.4, 0.5) is 0 Å². The van der Waals surface area contributed by atoms with Crippen LogP contribution < -0.4 is 10.5 Å². The van der Waals surface area contributed by atoms with E-state index in [0.29, 0.717) is 0 Å². The van der Waals surface area contributed by atoms with Crippen molar-refractivity contribution in [1.29, 1.82) is 0 Å². The highest BCUT2D eigenvalue weighted by atomic mass is 32.2. The molecule has 0 amide bonds. The van der Waals surface area contributed by atoms with Gasteiger partial charge in [-0.05, 0) is 12.8 Å². The summed E-state index contributed by atoms with van der Waals surface area (Å²) < 4.78 is 48.0. The molecule has 8 nitrogen and oxygen atoms in total. The first-order valence-electron chi connectivity index (χ1n) is 5.69. The number of nitrogens with one attached hydrogen (secondary N) is 1. The summed E-state index contributed by atoms with van der Waals surface area (Å²) in [5.74, 6) is -1.30. The van der Waals surface area contributed by atoms with Crippen LogP contribution in [0.2, 0.25) is 0 Å². The third-order valence-corrected chi connectivity index (χ3v) is 5.53. The molecule has 0 aliphatic heterocycles. The van der Waals surface area contributed by atoms with Crippen LogP contribution in [0.15, 0.2) is 5.16 Å². The fourth-order valence-electron chi connectivity index (χ4n) is 1.51. The molecule has 0 aromatic rings. The Balaban J connectivity index is 5.16. The Hall–Kier alpha value is -0.870. The van der Waals surface area contributed by atoms with Crippen LogP contribution in [0.5, 0.6) is 0 Å². The smallest absolute Gasteiger partial charge is 0.213 e. The fraction of sp³-hybridized carbons (Fsp3) is 0.889. The molecule has 0 rings (SSSR count). The average Bonchev–Trinajstić information content (AvgIpc) is 2.32. The molecule has 0 spiro atoms. The van der Waals surface area contributed by atoms with Crippen molar-refractivity contribution in [1.82, 2.24) is 4.72 Å². The highest BCUT2D eigenvalue weighted by molar-refractivity contribution is 7.93. The van der Waals surface area contributed by atoms with Crippen molar-refractivity contribution in [3.8, 4) is 0 Å². The van der Waals surface area contributed by atoms with E-state index in [9.17, 15) is 16.8 Å². The number of sulfone groups is 1. The van der Waals surface area contributed by atoms with Gasteiger partial charge in [0.15, 0.2) is 5.84 Å². The molecule has 10 heteroatoms. The molecule has 19 heavy (non-hydrogen) atoms. The first kappa shape index (κ1) is 18.1. The molecule has 114 valence electrons. The van der Waals surface area contributed by atoms with Gasteiger partial charge in [0.1, 0.15) is 9.84 Å². The van der Waals surface area contributed by atoms with Crippen LogP contribution in [0, 0.1) is 0 Å². The number of sulfonamides is 1. The zero-order valence-electron chi connectivity index (χ0n) is 11.2. The monoisotopic (exact) mass is 315 g/mol. The molecule has 0 aromatic carbocycles. The van der Waals surface area contributed by atoms with Crippen molar-refractivity contribution in [2.45, 2.75) is 32.2 Å². The zero-order valence-corrected chi connectivity index (χ0v) is 12.9. The molecule has 0 unspecified atom stereocenters. The van der Waals surface area contributed by atoms with Crippen LogP contribution in [0.25, 0.3) is 0 Å². The number of amidine groups is 1. The molecule has 4 N–H and O–H groups in total. The molecule has 0 saturated heterocycles. The second-order valence-corrected chi connectivity index (χ2v) is 8.43. The molecule has 0 heterocycles. The molecule has 0 bridgehead atoms. The molecular formula is C9H21N3O5S2. The van der Waals surface area contributed by atoms with Gasteiger partial charge >= 0.3 is 0 Å². The highest BCUT2D eigenvalue weighted by Crippen LogP contribution is 2.17. The second-order valence-electron chi connectivity index (χ2n) is 4.33. The highest BCUT2D eigenvalue weighted by Gasteiger charge is 2.36. The molecule has 0 fully saturated rings. The van der Waals surface area contributed by atoms with Gasteiger partial charge in [-0.15, -0.1) is 0 Å². The van der Waals surface area contributed by atoms with Gasteiger partial charge < -0.3 is 10.9 Å². The number of hydrogen-bond donors (Lipinski definition) is 3. The SMILES string of the molecule is CCC(CC)(NS(=O)(=O)CCS(C)(=O)=O)C(N)=NO. The van der Waals surface area contributed by atoms with Gasteiger partial charge in [-0.25, -0.2) is 21.6 Å². The van der Waals surface area contributed by atoms with Crippen molar-refractivity contribution >= 4 is 25.7 Å². The van der Waals surface area contributed by atoms with Gasteiger partial charge in [-0.2, -0.15) is 0 Å². The third kappa shape index (κ3) is 5.74. The van der Waals surface area contributed by atoms with Crippen molar-refractivity contribution in [2.75, 3.05) is 17.8 Å². The predicted molar refractivity (Wildman–Crippen MR) is 73.4 cm³/mol. The van der Waals surface area contributed by atoms with Gasteiger partial charge in [0, 0.05) is 6.26 Å². The third-order valence-electron chi connectivity index (χ3n) is 2.88. The van der Waals surface area contributed by atoms with Crippen molar-refractivity contribution in [2.24, 2.45) is 10.9 Å². The van der Waals surface area contributed by atoms with Crippen LogP contribution in [0.1, 0.15) is 26.7 Å². The number of hydrogen-bond acceptors (Lipinski definition) is 6. The van der Waals surface area contributed by atoms with Crippen LogP contribution >= 0.6 is 0 Å². The van der Waals surface area contributed by atoms with Crippen LogP contribution in [0.3, 0.4) is 0 Å². The molecule has 0 aliphatic rings. The van der Waals surface area contributed by atoms with Crippen molar-refractivity contribution in [3.05, 3.63) is 0 Å². The van der Waals surface area contributed by atoms with E-state index < -0.39 is 36.9 Å². The van der Waals surface area contributed by atoms with Gasteiger partial charge in [0.25, 0.3) is 0 Å². The number of oxime groups is 1. The van der Waals surface area contributed by atoms with E-state index in [1.165, 1.54) is 0 Å². The Morgan fingerprint density at radius 3 is 2.00 bits per heavy atom. The van der Waals surface area contributed by atoms with Crippen LogP contribution in [-0.4, -0.2) is 51.2 Å². The Kier molecular flexibility index (Phi) is 6.23. The molecule has 0 saturated carbocycles. The maximum Gasteiger partial charge on any atom is 0.213 e. The lowest BCUT2D eigenvalue weighted by Gasteiger charge is -2.30. The molecule has 0 atom stereocenters. The van der Waals surface area contributed by atoms with Gasteiger partial charge in [0.05, 0.1) is 17.0 Å². The van der Waals surface area contributed by atoms with Crippen LogP contribution in [-0.2, 0) is 19.9 Å². The standard InChI is InChI=1S/C9H21N3O5S2/c1-4-9(5-2,8(10)11-13)12-19(16,17)7-6-18(3,14)15/h12-13H,4-7H2,1-3H3,(H2,10,11). The lowest BCUT2D eigenvalue weighted by molar-refractivity contribution is 0.307. The van der Waals surface area contributed by atoms with Gasteiger partial charge in [0.2, 0.25) is 10.0 Å². The summed E-state index contributed by atoms with van der Waals surface area (Å²) in [5.41, 5.74) is 4.31. The van der Waals surface area contributed by atoms with E-state index in [4.69, 9.17) is 10.9 Å². The fourth-order valence-corrected chi connectivity index (χ4v) is 4.69. The summed E-state index contributed by atoms with van der Waals surface area (Å²) >= 11 is 0. The lowest BCUT2D eigenvalue weighted by Crippen LogP contribution is -2.57. The largest absolute Gasteiger partial charge is 0.409 e. The molecule has 0 radical (unpaired) electrons. The Morgan fingerprint density at radius 2 is 1.68 bits per heavy atom. The Morgan fingerprint density at radius 1 is 1.21 bits per heavy atom. The van der Waals surface area contributed by atoms with E-state index >= 15 is 0 Å². The second kappa shape index (κ2) is 6.53. The van der Waals surface area contributed by atoms with E-state index in [1.807, 2.05) is 0 Å². The van der Waals surface area contributed by atoms with Crippen molar-refractivity contribution in [3.63, 3.8) is 0 Å². The summed E-state index contributed by atoms with van der Waals surface area (Å²) in [4.78, 5) is 0. The van der Waals surface area contributed by atoms with Gasteiger partial charge in [-0.3, -0.25) is 0 Å². The van der Waals surface area contributed by atoms with E-state index in [-0.39, 0.29) is 18.7 Å². The van der Waals surface area contributed by atoms with Gasteiger partial charge in [-0.1, -0.05) is 19.0 Å². The Labute approximate surface area is 114 Å². The minimum absolute atomic E-state index is 0.250. The molecule has 0 aromatic heterocycles. The average molecular weight is 315 g/mol. The number of rotatable bonds is 8. The topological polar surface area (TPSA) is 139 Å². The Bertz CT molecular complexity index is 520. The summed E-state index contributed by atoms with van der Waals surface area (Å²) in [5, 5.41) is 11.6. The summed E-state index contributed by atoms with van der Waals surface area (Å²) in [6.45, 7) is 3.36. The maximum atomic E-state index is 11.9. The normalized spacial score (nSPS) is 14.6. The van der Waals surface area contributed by atoms with E-state index in [0.717, 1.165) is 6.26 Å². The quantitative estimate of drug-likeness (QED) is 0.233. The summed E-state index contributed by atoms with van der Waals surface area (Å²) in [7, 11) is -7.24. The predicted octanol–water partition coefficient (Wildman–Crippen LogP) is -0.744. The summed E-state index contributed by atoms with van der Waals surface area (Å²) in [6, 6.07) is 0. The van der Waals surface area contributed by atoms with E-state index in [1.54, 1.807) is 13.8 Å². The summed E-state index contributed by atoms with van der Waals surface area (Å²) in [6.07, 6.45) is 1.51. The molecule has 0 aliphatic carbocycles. The van der Waals surface area contributed by atoms with Crippen molar-refractivity contribution < 1.29 is 22.0 Å².